The number of carbonyl (C=O) groups is 3. The summed E-state index contributed by atoms with van der Waals surface area (Å²) in [5.74, 6) is -1.83. The van der Waals surface area contributed by atoms with Crippen LogP contribution in [0, 0.1) is 5.92 Å². The minimum atomic E-state index is -1.07. The Bertz CT molecular complexity index is 644. The first-order chi connectivity index (χ1) is 11.4. The number of benzene rings is 1. The molecule has 7 nitrogen and oxygen atoms in total. The molecule has 24 heavy (non-hydrogen) atoms. The van der Waals surface area contributed by atoms with Crippen LogP contribution in [0.1, 0.15) is 37.0 Å². The number of hydrogen-bond donors (Lipinski definition) is 2. The van der Waals surface area contributed by atoms with Gasteiger partial charge in [0.2, 0.25) is 5.91 Å². The number of carboxylic acids is 1. The van der Waals surface area contributed by atoms with Gasteiger partial charge in [-0.1, -0.05) is 0 Å². The molecule has 1 atom stereocenters. The van der Waals surface area contributed by atoms with Gasteiger partial charge in [-0.2, -0.15) is 0 Å². The zero-order valence-electron chi connectivity index (χ0n) is 13.9. The van der Waals surface area contributed by atoms with E-state index in [1.807, 2.05) is 4.90 Å². The molecule has 0 unspecified atom stereocenters. The van der Waals surface area contributed by atoms with Gasteiger partial charge in [-0.15, -0.1) is 0 Å². The van der Waals surface area contributed by atoms with Crippen LogP contribution < -0.4 is 10.2 Å². The molecule has 0 aromatic heterocycles. The van der Waals surface area contributed by atoms with Crippen molar-refractivity contribution < 1.29 is 24.2 Å². The first-order valence-corrected chi connectivity index (χ1v) is 7.99. The number of nitrogens with one attached hydrogen (secondary N) is 1. The Hall–Kier alpha value is -2.57. The van der Waals surface area contributed by atoms with Gasteiger partial charge in [0.05, 0.1) is 23.8 Å². The highest BCUT2D eigenvalue weighted by atomic mass is 16.5. The van der Waals surface area contributed by atoms with E-state index in [0.717, 1.165) is 12.8 Å². The fourth-order valence-corrected chi connectivity index (χ4v) is 2.91. The van der Waals surface area contributed by atoms with Crippen molar-refractivity contribution in [3.63, 3.8) is 0 Å². The summed E-state index contributed by atoms with van der Waals surface area (Å²) >= 11 is 0. The Labute approximate surface area is 140 Å². The largest absolute Gasteiger partial charge is 0.478 e. The Morgan fingerprint density at radius 3 is 2.75 bits per heavy atom. The maximum atomic E-state index is 12.0. The molecular weight excluding hydrogens is 312 g/mol. The average Bonchev–Trinajstić information content (AvgIpc) is 2.54. The topological polar surface area (TPSA) is 95.9 Å². The number of carboxylic acid groups (broad SMARTS) is 1. The summed E-state index contributed by atoms with van der Waals surface area (Å²) in [6, 6.07) is 4.77. The normalized spacial score (nSPS) is 17.2. The summed E-state index contributed by atoms with van der Waals surface area (Å²) in [5.41, 5.74) is 1.08. The maximum Gasteiger partial charge on any atom is 0.337 e. The Balaban J connectivity index is 2.25. The Morgan fingerprint density at radius 2 is 2.12 bits per heavy atom. The standard InChI is InChI=1S/C17H22N2O5/c1-3-24-17(23)12-5-4-8-19(10-12)15-7-6-13(18-11(2)20)9-14(15)16(21)22/h6-7,9,12H,3-5,8,10H2,1-2H3,(H,18,20)(H,21,22)/t12-/m0/s1. The number of anilines is 2. The second-order valence-electron chi connectivity index (χ2n) is 5.76. The predicted molar refractivity (Wildman–Crippen MR) is 89.3 cm³/mol. The highest BCUT2D eigenvalue weighted by Crippen LogP contribution is 2.29. The number of amides is 1. The van der Waals surface area contributed by atoms with Crippen molar-refractivity contribution in [3.8, 4) is 0 Å². The van der Waals surface area contributed by atoms with E-state index in [1.165, 1.54) is 13.0 Å². The van der Waals surface area contributed by atoms with Crippen molar-refractivity contribution in [2.45, 2.75) is 26.7 Å². The van der Waals surface area contributed by atoms with Crippen molar-refractivity contribution in [1.29, 1.82) is 0 Å². The lowest BCUT2D eigenvalue weighted by molar-refractivity contribution is -0.148. The molecule has 1 aliphatic heterocycles. The minimum Gasteiger partial charge on any atom is -0.478 e. The van der Waals surface area contributed by atoms with E-state index in [9.17, 15) is 19.5 Å². The van der Waals surface area contributed by atoms with Gasteiger partial charge in [-0.05, 0) is 38.0 Å². The summed E-state index contributed by atoms with van der Waals surface area (Å²) in [4.78, 5) is 36.6. The molecule has 1 aliphatic rings. The second-order valence-corrected chi connectivity index (χ2v) is 5.76. The minimum absolute atomic E-state index is 0.103. The third-order valence-electron chi connectivity index (χ3n) is 3.93. The predicted octanol–water partition coefficient (Wildman–Crippen LogP) is 2.12. The maximum absolute atomic E-state index is 12.0. The smallest absolute Gasteiger partial charge is 0.337 e. The van der Waals surface area contributed by atoms with Crippen LogP contribution in [-0.4, -0.2) is 42.6 Å². The van der Waals surface area contributed by atoms with E-state index in [2.05, 4.69) is 5.32 Å². The SMILES string of the molecule is CCOC(=O)[C@H]1CCCN(c2ccc(NC(C)=O)cc2C(=O)O)C1. The van der Waals surface area contributed by atoms with Crippen LogP contribution >= 0.6 is 0 Å². The lowest BCUT2D eigenvalue weighted by atomic mass is 9.96. The summed E-state index contributed by atoms with van der Waals surface area (Å²) in [5, 5.41) is 12.1. The molecule has 2 rings (SSSR count). The summed E-state index contributed by atoms with van der Waals surface area (Å²) in [6.07, 6.45) is 1.53. The zero-order chi connectivity index (χ0) is 17.7. The van der Waals surface area contributed by atoms with Crippen LogP contribution in [-0.2, 0) is 14.3 Å². The number of aromatic carboxylic acids is 1. The molecule has 1 aromatic rings. The fourth-order valence-electron chi connectivity index (χ4n) is 2.91. The van der Waals surface area contributed by atoms with Crippen LogP contribution in [0.4, 0.5) is 11.4 Å². The molecule has 2 N–H and O–H groups in total. The number of ether oxygens (including phenoxy) is 1. The highest BCUT2D eigenvalue weighted by molar-refractivity contribution is 5.97. The van der Waals surface area contributed by atoms with Crippen molar-refractivity contribution in [3.05, 3.63) is 23.8 Å². The van der Waals surface area contributed by atoms with Gasteiger partial charge in [0.25, 0.3) is 0 Å². The van der Waals surface area contributed by atoms with Crippen molar-refractivity contribution in [2.24, 2.45) is 5.92 Å². The van der Waals surface area contributed by atoms with E-state index in [-0.39, 0.29) is 23.4 Å². The highest BCUT2D eigenvalue weighted by Gasteiger charge is 2.29. The molecule has 1 saturated heterocycles. The van der Waals surface area contributed by atoms with Gasteiger partial charge >= 0.3 is 11.9 Å². The quantitative estimate of drug-likeness (QED) is 0.801. The van der Waals surface area contributed by atoms with Gasteiger partial charge in [0.1, 0.15) is 0 Å². The number of hydrogen-bond acceptors (Lipinski definition) is 5. The van der Waals surface area contributed by atoms with Crippen LogP contribution in [0.5, 0.6) is 0 Å². The zero-order valence-corrected chi connectivity index (χ0v) is 13.9. The van der Waals surface area contributed by atoms with Crippen molar-refractivity contribution >= 4 is 29.2 Å². The molecule has 7 heteroatoms. The third kappa shape index (κ3) is 4.24. The first kappa shape index (κ1) is 17.8. The number of carbonyl (C=O) groups excluding carboxylic acids is 2. The lowest BCUT2D eigenvalue weighted by Crippen LogP contribution is -2.40. The Morgan fingerprint density at radius 1 is 1.38 bits per heavy atom. The Kier molecular flexibility index (Phi) is 5.78. The van der Waals surface area contributed by atoms with Crippen LogP contribution in [0.15, 0.2) is 18.2 Å². The molecule has 0 aliphatic carbocycles. The summed E-state index contributed by atoms with van der Waals surface area (Å²) in [7, 11) is 0. The van der Waals surface area contributed by atoms with Gasteiger partial charge < -0.3 is 20.1 Å². The molecule has 0 bridgehead atoms. The van der Waals surface area contributed by atoms with Crippen molar-refractivity contribution in [1.82, 2.24) is 0 Å². The molecule has 0 saturated carbocycles. The molecular formula is C17H22N2O5. The monoisotopic (exact) mass is 334 g/mol. The van der Waals surface area contributed by atoms with Gasteiger partial charge in [0, 0.05) is 25.7 Å². The number of rotatable bonds is 5. The molecule has 1 fully saturated rings. The van der Waals surface area contributed by atoms with Gasteiger partial charge in [-0.3, -0.25) is 9.59 Å². The van der Waals surface area contributed by atoms with E-state index in [4.69, 9.17) is 4.74 Å². The van der Waals surface area contributed by atoms with Crippen LogP contribution in [0.25, 0.3) is 0 Å². The van der Waals surface area contributed by atoms with E-state index in [1.54, 1.807) is 19.1 Å². The molecule has 0 radical (unpaired) electrons. The van der Waals surface area contributed by atoms with Crippen molar-refractivity contribution in [2.75, 3.05) is 29.9 Å². The lowest BCUT2D eigenvalue weighted by Gasteiger charge is -2.34. The molecule has 1 amide bonds. The number of esters is 1. The van der Waals surface area contributed by atoms with Gasteiger partial charge in [-0.25, -0.2) is 4.79 Å². The van der Waals surface area contributed by atoms with E-state index < -0.39 is 5.97 Å². The first-order valence-electron chi connectivity index (χ1n) is 7.99. The second kappa shape index (κ2) is 7.81. The molecule has 0 spiro atoms. The molecule has 1 heterocycles. The van der Waals surface area contributed by atoms with E-state index in [0.29, 0.717) is 31.1 Å². The van der Waals surface area contributed by atoms with Gasteiger partial charge in [0.15, 0.2) is 0 Å². The van der Waals surface area contributed by atoms with Crippen LogP contribution in [0.3, 0.4) is 0 Å². The fraction of sp³-hybridized carbons (Fsp3) is 0.471. The number of piperidine rings is 1. The number of nitrogens with zero attached hydrogens (tertiary/aromatic N) is 1. The summed E-state index contributed by atoms with van der Waals surface area (Å²) in [6.45, 7) is 4.57. The average molecular weight is 334 g/mol. The molecule has 130 valence electrons. The van der Waals surface area contributed by atoms with Crippen LogP contribution in [0.2, 0.25) is 0 Å². The van der Waals surface area contributed by atoms with E-state index >= 15 is 0 Å². The summed E-state index contributed by atoms with van der Waals surface area (Å²) < 4.78 is 5.08. The molecule has 1 aromatic carbocycles. The third-order valence-corrected chi connectivity index (χ3v) is 3.93.